The maximum atomic E-state index is 11.9. The van der Waals surface area contributed by atoms with Crippen LogP contribution in [0.2, 0.25) is 0 Å². The Hall–Kier alpha value is -1.55. The molecular weight excluding hydrogens is 240 g/mol. The zero-order valence-electron chi connectivity index (χ0n) is 11.1. The van der Waals surface area contributed by atoms with Crippen molar-refractivity contribution < 1.29 is 9.90 Å². The number of hydrogen-bond donors (Lipinski definition) is 1. The van der Waals surface area contributed by atoms with Gasteiger partial charge in [0.05, 0.1) is 0 Å². The monoisotopic (exact) mass is 260 g/mol. The van der Waals surface area contributed by atoms with Gasteiger partial charge in [-0.3, -0.25) is 4.79 Å². The Labute approximate surface area is 113 Å². The number of nitrogens with zero attached hydrogens (tertiary/aromatic N) is 2. The third-order valence-corrected chi connectivity index (χ3v) is 4.10. The van der Waals surface area contributed by atoms with E-state index in [9.17, 15) is 4.79 Å². The fourth-order valence-electron chi connectivity index (χ4n) is 2.97. The summed E-state index contributed by atoms with van der Waals surface area (Å²) >= 11 is 0. The van der Waals surface area contributed by atoms with Crippen LogP contribution in [0.5, 0.6) is 0 Å². The molecule has 0 radical (unpaired) electrons. The molecule has 4 heteroatoms. The average molecular weight is 260 g/mol. The van der Waals surface area contributed by atoms with Crippen LogP contribution in [-0.4, -0.2) is 37.3 Å². The van der Waals surface area contributed by atoms with Crippen LogP contribution < -0.4 is 9.80 Å². The second kappa shape index (κ2) is 5.21. The first-order valence-electron chi connectivity index (χ1n) is 7.04. The van der Waals surface area contributed by atoms with E-state index in [1.807, 2.05) is 12.1 Å². The lowest BCUT2D eigenvalue weighted by Gasteiger charge is -2.20. The number of carbonyl (C=O) groups excluding carboxylic acids is 1. The van der Waals surface area contributed by atoms with E-state index in [0.717, 1.165) is 18.8 Å². The third-order valence-electron chi connectivity index (χ3n) is 4.10. The molecular formula is C15H20N2O2. The topological polar surface area (TPSA) is 43.8 Å². The molecule has 0 spiro atoms. The summed E-state index contributed by atoms with van der Waals surface area (Å²) in [7, 11) is 0. The Morgan fingerprint density at radius 3 is 2.32 bits per heavy atom. The molecule has 19 heavy (non-hydrogen) atoms. The number of carbonyl (C=O) groups is 1. The summed E-state index contributed by atoms with van der Waals surface area (Å²) in [4.78, 5) is 16.1. The molecule has 102 valence electrons. The number of hydrogen-bond acceptors (Lipinski definition) is 3. The number of aliphatic hydroxyl groups excluding tert-OH is 1. The summed E-state index contributed by atoms with van der Waals surface area (Å²) in [6, 6.07) is 8.23. The SMILES string of the molecule is O=C1CC(CO)CN1c1ccc(N2CCCC2)cc1. The Morgan fingerprint density at radius 2 is 1.74 bits per heavy atom. The second-order valence-electron chi connectivity index (χ2n) is 5.47. The molecule has 1 aromatic rings. The fraction of sp³-hybridized carbons (Fsp3) is 0.533. The van der Waals surface area contributed by atoms with Crippen LogP contribution >= 0.6 is 0 Å². The highest BCUT2D eigenvalue weighted by Crippen LogP contribution is 2.28. The van der Waals surface area contributed by atoms with E-state index in [4.69, 9.17) is 5.11 Å². The lowest BCUT2D eigenvalue weighted by molar-refractivity contribution is -0.117. The first-order chi connectivity index (χ1) is 9.28. The normalized spacial score (nSPS) is 23.4. The van der Waals surface area contributed by atoms with Crippen LogP contribution in [0.3, 0.4) is 0 Å². The molecule has 0 bridgehead atoms. The maximum Gasteiger partial charge on any atom is 0.227 e. The van der Waals surface area contributed by atoms with Gasteiger partial charge in [0, 0.05) is 50.0 Å². The van der Waals surface area contributed by atoms with Gasteiger partial charge in [-0.25, -0.2) is 0 Å². The van der Waals surface area contributed by atoms with Gasteiger partial charge in [-0.15, -0.1) is 0 Å². The van der Waals surface area contributed by atoms with Crippen molar-refractivity contribution in [2.75, 3.05) is 36.0 Å². The van der Waals surface area contributed by atoms with Crippen molar-refractivity contribution >= 4 is 17.3 Å². The zero-order valence-corrected chi connectivity index (χ0v) is 11.1. The molecule has 0 aliphatic carbocycles. The highest BCUT2D eigenvalue weighted by molar-refractivity contribution is 5.95. The van der Waals surface area contributed by atoms with Gasteiger partial charge in [-0.05, 0) is 37.1 Å². The van der Waals surface area contributed by atoms with Crippen molar-refractivity contribution in [3.05, 3.63) is 24.3 Å². The van der Waals surface area contributed by atoms with Gasteiger partial charge in [-0.1, -0.05) is 0 Å². The predicted octanol–water partition coefficient (Wildman–Crippen LogP) is 1.63. The predicted molar refractivity (Wildman–Crippen MR) is 75.4 cm³/mol. The fourth-order valence-corrected chi connectivity index (χ4v) is 2.97. The molecule has 1 N–H and O–H groups in total. The van der Waals surface area contributed by atoms with Gasteiger partial charge in [0.1, 0.15) is 0 Å². The Morgan fingerprint density at radius 1 is 1.11 bits per heavy atom. The van der Waals surface area contributed by atoms with E-state index in [-0.39, 0.29) is 18.4 Å². The smallest absolute Gasteiger partial charge is 0.227 e. The molecule has 2 aliphatic rings. The van der Waals surface area contributed by atoms with Gasteiger partial charge in [-0.2, -0.15) is 0 Å². The maximum absolute atomic E-state index is 11.9. The summed E-state index contributed by atoms with van der Waals surface area (Å²) in [5, 5.41) is 9.15. The van der Waals surface area contributed by atoms with Gasteiger partial charge >= 0.3 is 0 Å². The van der Waals surface area contributed by atoms with Crippen molar-refractivity contribution in [1.29, 1.82) is 0 Å². The molecule has 3 rings (SSSR count). The zero-order chi connectivity index (χ0) is 13.2. The van der Waals surface area contributed by atoms with Crippen LogP contribution in [0, 0.1) is 5.92 Å². The molecule has 0 saturated carbocycles. The minimum atomic E-state index is 0.0887. The van der Waals surface area contributed by atoms with Crippen LogP contribution in [0.4, 0.5) is 11.4 Å². The Kier molecular flexibility index (Phi) is 3.42. The van der Waals surface area contributed by atoms with Crippen molar-refractivity contribution in [3.63, 3.8) is 0 Å². The molecule has 1 aromatic carbocycles. The molecule has 1 amide bonds. The van der Waals surface area contributed by atoms with Crippen LogP contribution in [-0.2, 0) is 4.79 Å². The number of anilines is 2. The van der Waals surface area contributed by atoms with E-state index >= 15 is 0 Å². The highest BCUT2D eigenvalue weighted by atomic mass is 16.3. The summed E-state index contributed by atoms with van der Waals surface area (Å²) < 4.78 is 0. The van der Waals surface area contributed by atoms with Crippen LogP contribution in [0.25, 0.3) is 0 Å². The highest BCUT2D eigenvalue weighted by Gasteiger charge is 2.30. The standard InChI is InChI=1S/C15H20N2O2/c18-11-12-9-15(19)17(10-12)14-5-3-13(4-6-14)16-7-1-2-8-16/h3-6,12,18H,1-2,7-11H2. The molecule has 1 unspecified atom stereocenters. The lowest BCUT2D eigenvalue weighted by Crippen LogP contribution is -2.25. The second-order valence-corrected chi connectivity index (χ2v) is 5.47. The van der Waals surface area contributed by atoms with E-state index in [1.165, 1.54) is 18.5 Å². The summed E-state index contributed by atoms with van der Waals surface area (Å²) in [5.74, 6) is 0.207. The van der Waals surface area contributed by atoms with Gasteiger partial charge < -0.3 is 14.9 Å². The molecule has 2 saturated heterocycles. The number of aliphatic hydroxyl groups is 1. The quantitative estimate of drug-likeness (QED) is 0.898. The Bertz CT molecular complexity index is 452. The van der Waals surface area contributed by atoms with Crippen LogP contribution in [0.1, 0.15) is 19.3 Å². The molecule has 0 aromatic heterocycles. The van der Waals surface area contributed by atoms with Crippen molar-refractivity contribution in [1.82, 2.24) is 0 Å². The minimum Gasteiger partial charge on any atom is -0.396 e. The van der Waals surface area contributed by atoms with Crippen molar-refractivity contribution in [2.24, 2.45) is 5.92 Å². The van der Waals surface area contributed by atoms with Gasteiger partial charge in [0.25, 0.3) is 0 Å². The Balaban J connectivity index is 1.73. The van der Waals surface area contributed by atoms with Gasteiger partial charge in [0.15, 0.2) is 0 Å². The van der Waals surface area contributed by atoms with E-state index in [2.05, 4.69) is 17.0 Å². The lowest BCUT2D eigenvalue weighted by atomic mass is 10.1. The largest absolute Gasteiger partial charge is 0.396 e. The number of rotatable bonds is 3. The van der Waals surface area contributed by atoms with E-state index in [0.29, 0.717) is 13.0 Å². The van der Waals surface area contributed by atoms with Gasteiger partial charge in [0.2, 0.25) is 5.91 Å². The van der Waals surface area contributed by atoms with Crippen molar-refractivity contribution in [2.45, 2.75) is 19.3 Å². The number of amides is 1. The van der Waals surface area contributed by atoms with Crippen LogP contribution in [0.15, 0.2) is 24.3 Å². The number of benzene rings is 1. The molecule has 2 aliphatic heterocycles. The first kappa shape index (κ1) is 12.5. The minimum absolute atomic E-state index is 0.0887. The van der Waals surface area contributed by atoms with Crippen molar-refractivity contribution in [3.8, 4) is 0 Å². The van der Waals surface area contributed by atoms with E-state index in [1.54, 1.807) is 4.90 Å². The van der Waals surface area contributed by atoms with E-state index < -0.39 is 0 Å². The first-order valence-corrected chi connectivity index (χ1v) is 7.04. The molecule has 1 atom stereocenters. The molecule has 2 fully saturated rings. The average Bonchev–Trinajstić information content (AvgIpc) is 3.08. The third kappa shape index (κ3) is 2.45. The summed E-state index contributed by atoms with van der Waals surface area (Å²) in [6.45, 7) is 3.00. The molecule has 2 heterocycles. The summed E-state index contributed by atoms with van der Waals surface area (Å²) in [5.41, 5.74) is 2.19. The summed E-state index contributed by atoms with van der Waals surface area (Å²) in [6.07, 6.45) is 3.00. The molecule has 4 nitrogen and oxygen atoms in total.